The number of ether oxygens (including phenoxy) is 2. The average Bonchev–Trinajstić information content (AvgIpc) is 3.19. The minimum absolute atomic E-state index is 0.289. The molecular formula is C26H24F2N2O3S. The van der Waals surface area contributed by atoms with Gasteiger partial charge in [-0.05, 0) is 60.9 Å². The van der Waals surface area contributed by atoms with E-state index in [4.69, 9.17) is 14.5 Å². The molecule has 0 atom stereocenters. The first-order valence-corrected chi connectivity index (χ1v) is 11.8. The van der Waals surface area contributed by atoms with Crippen molar-refractivity contribution < 1.29 is 23.0 Å². The Morgan fingerprint density at radius 3 is 2.56 bits per heavy atom. The molecule has 5 nitrogen and oxygen atoms in total. The van der Waals surface area contributed by atoms with Crippen LogP contribution >= 0.6 is 11.8 Å². The van der Waals surface area contributed by atoms with Crippen LogP contribution in [0.15, 0.2) is 65.8 Å². The summed E-state index contributed by atoms with van der Waals surface area (Å²) in [6.07, 6.45) is 0.744. The Balaban J connectivity index is 1.63. The normalized spacial score (nSPS) is 11.1. The highest BCUT2D eigenvalue weighted by molar-refractivity contribution is 7.98. The third-order valence-electron chi connectivity index (χ3n) is 5.38. The Labute approximate surface area is 200 Å². The largest absolute Gasteiger partial charge is 0.497 e. The SMILES string of the molecule is CCOC(=O)c1ccc2c(c1)nc(SCc1ccc(F)cc1F)n2CCc1ccc(OC)cc1. The van der Waals surface area contributed by atoms with Crippen molar-refractivity contribution in [2.75, 3.05) is 13.7 Å². The number of carbonyl (C=O) groups excluding carboxylic acids is 1. The van der Waals surface area contributed by atoms with E-state index in [1.807, 2.05) is 30.3 Å². The van der Waals surface area contributed by atoms with E-state index in [1.54, 1.807) is 26.2 Å². The maximum Gasteiger partial charge on any atom is 0.338 e. The molecule has 0 unspecified atom stereocenters. The Hall–Kier alpha value is -3.39. The average molecular weight is 483 g/mol. The van der Waals surface area contributed by atoms with Gasteiger partial charge in [0.2, 0.25) is 0 Å². The molecule has 1 heterocycles. The first-order valence-electron chi connectivity index (χ1n) is 10.9. The molecule has 3 aromatic carbocycles. The van der Waals surface area contributed by atoms with E-state index in [2.05, 4.69) is 4.57 Å². The molecule has 0 bridgehead atoms. The highest BCUT2D eigenvalue weighted by Gasteiger charge is 2.16. The summed E-state index contributed by atoms with van der Waals surface area (Å²) in [7, 11) is 1.63. The van der Waals surface area contributed by atoms with E-state index in [-0.39, 0.29) is 6.61 Å². The number of carbonyl (C=O) groups is 1. The molecule has 1 aromatic heterocycles. The van der Waals surface area contributed by atoms with E-state index in [0.717, 1.165) is 29.3 Å². The van der Waals surface area contributed by atoms with E-state index in [0.29, 0.717) is 34.1 Å². The van der Waals surface area contributed by atoms with E-state index in [9.17, 15) is 13.6 Å². The van der Waals surface area contributed by atoms with Crippen molar-refractivity contribution in [3.63, 3.8) is 0 Å². The van der Waals surface area contributed by atoms with Crippen LogP contribution in [0.3, 0.4) is 0 Å². The van der Waals surface area contributed by atoms with Gasteiger partial charge in [0, 0.05) is 18.4 Å². The van der Waals surface area contributed by atoms with Gasteiger partial charge in [0.15, 0.2) is 5.16 Å². The smallest absolute Gasteiger partial charge is 0.338 e. The predicted octanol–water partition coefficient (Wildman–Crippen LogP) is 6.03. The summed E-state index contributed by atoms with van der Waals surface area (Å²) in [4.78, 5) is 16.9. The number of nitrogens with zero attached hydrogens (tertiary/aromatic N) is 2. The Kier molecular flexibility index (Phi) is 7.47. The molecule has 0 N–H and O–H groups in total. The summed E-state index contributed by atoms with van der Waals surface area (Å²) in [5, 5.41) is 0.688. The number of hydrogen-bond acceptors (Lipinski definition) is 5. The number of benzene rings is 3. The molecule has 34 heavy (non-hydrogen) atoms. The second-order valence-corrected chi connectivity index (χ2v) is 8.53. The van der Waals surface area contributed by atoms with Gasteiger partial charge in [-0.15, -0.1) is 0 Å². The molecular weight excluding hydrogens is 458 g/mol. The summed E-state index contributed by atoms with van der Waals surface area (Å²) in [6, 6.07) is 16.7. The quantitative estimate of drug-likeness (QED) is 0.215. The van der Waals surface area contributed by atoms with Crippen LogP contribution in [-0.4, -0.2) is 29.2 Å². The van der Waals surface area contributed by atoms with Crippen LogP contribution < -0.4 is 4.74 Å². The monoisotopic (exact) mass is 482 g/mol. The van der Waals surface area contributed by atoms with Crippen LogP contribution in [0.25, 0.3) is 11.0 Å². The number of thioether (sulfide) groups is 1. The highest BCUT2D eigenvalue weighted by Crippen LogP contribution is 2.29. The van der Waals surface area contributed by atoms with Crippen LogP contribution in [0.1, 0.15) is 28.4 Å². The van der Waals surface area contributed by atoms with Crippen molar-refractivity contribution in [2.24, 2.45) is 0 Å². The zero-order valence-electron chi connectivity index (χ0n) is 18.9. The first kappa shape index (κ1) is 23.8. The standard InChI is InChI=1S/C26H24F2N2O3S/c1-3-33-25(31)18-7-11-24-23(14-18)29-26(34-16-19-6-8-20(27)15-22(19)28)30(24)13-12-17-4-9-21(32-2)10-5-17/h4-11,14-15H,3,12-13,16H2,1-2H3. The Morgan fingerprint density at radius 1 is 1.06 bits per heavy atom. The van der Waals surface area contributed by atoms with Crippen molar-refractivity contribution in [1.29, 1.82) is 0 Å². The molecule has 0 spiro atoms. The lowest BCUT2D eigenvalue weighted by molar-refractivity contribution is 0.0526. The van der Waals surface area contributed by atoms with Crippen LogP contribution in [-0.2, 0) is 23.5 Å². The maximum atomic E-state index is 14.2. The van der Waals surface area contributed by atoms with Gasteiger partial charge in [-0.2, -0.15) is 0 Å². The molecule has 0 aliphatic rings. The molecule has 0 saturated heterocycles. The highest BCUT2D eigenvalue weighted by atomic mass is 32.2. The van der Waals surface area contributed by atoms with Gasteiger partial charge in [0.05, 0.1) is 30.3 Å². The van der Waals surface area contributed by atoms with Crippen LogP contribution in [0, 0.1) is 11.6 Å². The number of fused-ring (bicyclic) bond motifs is 1. The lowest BCUT2D eigenvalue weighted by atomic mass is 10.1. The van der Waals surface area contributed by atoms with Gasteiger partial charge in [0.25, 0.3) is 0 Å². The summed E-state index contributed by atoms with van der Waals surface area (Å²) in [6.45, 7) is 2.68. The number of esters is 1. The molecule has 0 saturated carbocycles. The van der Waals surface area contributed by atoms with Crippen molar-refractivity contribution in [3.05, 3.63) is 89.0 Å². The zero-order chi connectivity index (χ0) is 24.1. The molecule has 0 aliphatic heterocycles. The van der Waals surface area contributed by atoms with Gasteiger partial charge in [-0.1, -0.05) is 30.0 Å². The summed E-state index contributed by atoms with van der Waals surface area (Å²) >= 11 is 1.36. The Morgan fingerprint density at radius 2 is 1.85 bits per heavy atom. The third kappa shape index (κ3) is 5.39. The van der Waals surface area contributed by atoms with Gasteiger partial charge in [0.1, 0.15) is 17.4 Å². The van der Waals surface area contributed by atoms with Crippen molar-refractivity contribution in [2.45, 2.75) is 30.8 Å². The van der Waals surface area contributed by atoms with Gasteiger partial charge in [-0.3, -0.25) is 0 Å². The van der Waals surface area contributed by atoms with Gasteiger partial charge in [-0.25, -0.2) is 18.6 Å². The number of methoxy groups -OCH3 is 1. The molecule has 8 heteroatoms. The zero-order valence-corrected chi connectivity index (χ0v) is 19.7. The molecule has 0 aliphatic carbocycles. The first-order chi connectivity index (χ1) is 16.5. The summed E-state index contributed by atoms with van der Waals surface area (Å²) < 4.78 is 39.8. The molecule has 0 radical (unpaired) electrons. The number of imidazole rings is 1. The van der Waals surface area contributed by atoms with Crippen molar-refractivity contribution in [3.8, 4) is 5.75 Å². The number of aromatic nitrogens is 2. The Bertz CT molecular complexity index is 1310. The topological polar surface area (TPSA) is 53.3 Å². The fourth-order valence-corrected chi connectivity index (χ4v) is 4.62. The minimum atomic E-state index is -0.607. The lowest BCUT2D eigenvalue weighted by Crippen LogP contribution is -2.05. The van der Waals surface area contributed by atoms with Crippen molar-refractivity contribution in [1.82, 2.24) is 9.55 Å². The molecule has 4 aromatic rings. The second-order valence-electron chi connectivity index (χ2n) is 7.59. The molecule has 4 rings (SSSR count). The van der Waals surface area contributed by atoms with Crippen LogP contribution in [0.5, 0.6) is 5.75 Å². The predicted molar refractivity (Wildman–Crippen MR) is 128 cm³/mol. The lowest BCUT2D eigenvalue weighted by Gasteiger charge is -2.10. The van der Waals surface area contributed by atoms with Crippen LogP contribution in [0.4, 0.5) is 8.78 Å². The molecule has 176 valence electrons. The third-order valence-corrected chi connectivity index (χ3v) is 6.40. The van der Waals surface area contributed by atoms with E-state index >= 15 is 0 Å². The number of rotatable bonds is 9. The number of aryl methyl sites for hydroxylation is 2. The maximum absolute atomic E-state index is 14.2. The van der Waals surface area contributed by atoms with Crippen LogP contribution in [0.2, 0.25) is 0 Å². The van der Waals surface area contributed by atoms with Gasteiger partial charge >= 0.3 is 5.97 Å². The minimum Gasteiger partial charge on any atom is -0.497 e. The van der Waals surface area contributed by atoms with Crippen molar-refractivity contribution >= 4 is 28.8 Å². The fourth-order valence-electron chi connectivity index (χ4n) is 3.59. The van der Waals surface area contributed by atoms with E-state index in [1.165, 1.54) is 23.9 Å². The van der Waals surface area contributed by atoms with E-state index < -0.39 is 17.6 Å². The molecule has 0 amide bonds. The number of hydrogen-bond donors (Lipinski definition) is 0. The second kappa shape index (κ2) is 10.7. The number of halogens is 2. The summed E-state index contributed by atoms with van der Waals surface area (Å²) in [5.74, 6) is -0.508. The fraction of sp³-hybridized carbons (Fsp3) is 0.231. The molecule has 0 fully saturated rings. The summed E-state index contributed by atoms with van der Waals surface area (Å²) in [5.41, 5.74) is 3.47. The van der Waals surface area contributed by atoms with Gasteiger partial charge < -0.3 is 14.0 Å².